The summed E-state index contributed by atoms with van der Waals surface area (Å²) >= 11 is 3.25. The highest BCUT2D eigenvalue weighted by molar-refractivity contribution is 9.10. The first-order valence-corrected chi connectivity index (χ1v) is 6.51. The molecule has 6 heteroatoms. The Balaban J connectivity index is 2.97. The summed E-state index contributed by atoms with van der Waals surface area (Å²) in [4.78, 5) is -0.461. The van der Waals surface area contributed by atoms with E-state index in [2.05, 4.69) is 15.9 Å². The summed E-state index contributed by atoms with van der Waals surface area (Å²) in [6, 6.07) is 7.66. The van der Waals surface area contributed by atoms with Crippen LogP contribution in [-0.4, -0.2) is 18.1 Å². The minimum atomic E-state index is -4.44. The third-order valence-corrected chi connectivity index (χ3v) is 3.61. The van der Waals surface area contributed by atoms with Crippen LogP contribution >= 0.6 is 15.9 Å². The second kappa shape index (κ2) is 3.73. The van der Waals surface area contributed by atoms with Gasteiger partial charge in [-0.3, -0.25) is 4.55 Å². The number of aromatic hydroxyl groups is 1. The molecule has 0 heterocycles. The Morgan fingerprint density at radius 2 is 1.81 bits per heavy atom. The summed E-state index contributed by atoms with van der Waals surface area (Å²) in [5, 5.41) is 10.4. The van der Waals surface area contributed by atoms with Crippen LogP contribution in [0.15, 0.2) is 39.7 Å². The topological polar surface area (TPSA) is 74.6 Å². The molecule has 0 unspecified atom stereocenters. The SMILES string of the molecule is O=S(=O)(O)c1c(O)ccc2cc(Br)ccc12. The van der Waals surface area contributed by atoms with Crippen molar-refractivity contribution in [2.75, 3.05) is 0 Å². The van der Waals surface area contributed by atoms with Crippen molar-refractivity contribution in [3.8, 4) is 5.75 Å². The number of phenolic OH excluding ortho intramolecular Hbond substituents is 1. The highest BCUT2D eigenvalue weighted by Gasteiger charge is 2.19. The van der Waals surface area contributed by atoms with E-state index in [0.29, 0.717) is 5.39 Å². The Morgan fingerprint density at radius 3 is 2.44 bits per heavy atom. The molecule has 0 aromatic heterocycles. The lowest BCUT2D eigenvalue weighted by Gasteiger charge is -2.06. The van der Waals surface area contributed by atoms with Gasteiger partial charge >= 0.3 is 0 Å². The molecule has 0 aliphatic carbocycles. The first-order chi connectivity index (χ1) is 7.39. The first-order valence-electron chi connectivity index (χ1n) is 4.28. The van der Waals surface area contributed by atoms with Crippen LogP contribution in [0.4, 0.5) is 0 Å². The van der Waals surface area contributed by atoms with E-state index in [1.54, 1.807) is 18.2 Å². The number of benzene rings is 2. The highest BCUT2D eigenvalue weighted by atomic mass is 79.9. The predicted molar refractivity (Wildman–Crippen MR) is 63.1 cm³/mol. The number of hydrogen-bond donors (Lipinski definition) is 2. The zero-order valence-electron chi connectivity index (χ0n) is 7.88. The Kier molecular flexibility index (Phi) is 2.65. The fourth-order valence-corrected chi connectivity index (χ4v) is 2.71. The smallest absolute Gasteiger partial charge is 0.298 e. The lowest BCUT2D eigenvalue weighted by molar-refractivity contribution is 0.445. The van der Waals surface area contributed by atoms with Gasteiger partial charge in [-0.25, -0.2) is 0 Å². The van der Waals surface area contributed by atoms with Gasteiger partial charge in [0.05, 0.1) is 0 Å². The molecule has 0 aliphatic rings. The lowest BCUT2D eigenvalue weighted by atomic mass is 10.1. The van der Waals surface area contributed by atoms with Gasteiger partial charge in [-0.05, 0) is 23.6 Å². The van der Waals surface area contributed by atoms with Crippen molar-refractivity contribution in [3.63, 3.8) is 0 Å². The molecule has 0 bridgehead atoms. The standard InChI is InChI=1S/C10H7BrO4S/c11-7-2-3-8-6(5-7)1-4-9(12)10(8)16(13,14)15/h1-5,12H,(H,13,14,15). The van der Waals surface area contributed by atoms with E-state index in [1.807, 2.05) is 0 Å². The number of phenols is 1. The van der Waals surface area contributed by atoms with Gasteiger partial charge in [0.25, 0.3) is 10.1 Å². The lowest BCUT2D eigenvalue weighted by Crippen LogP contribution is -1.99. The van der Waals surface area contributed by atoms with E-state index >= 15 is 0 Å². The summed E-state index contributed by atoms with van der Waals surface area (Å²) in [6.45, 7) is 0. The molecule has 0 radical (unpaired) electrons. The molecular formula is C10H7BrO4S. The van der Waals surface area contributed by atoms with Crippen LogP contribution in [-0.2, 0) is 10.1 Å². The molecule has 0 fully saturated rings. The Hall–Kier alpha value is -1.11. The van der Waals surface area contributed by atoms with Crippen molar-refractivity contribution in [1.29, 1.82) is 0 Å². The van der Waals surface area contributed by atoms with Gasteiger partial charge in [0.2, 0.25) is 0 Å². The van der Waals surface area contributed by atoms with E-state index < -0.39 is 20.8 Å². The van der Waals surface area contributed by atoms with Crippen molar-refractivity contribution < 1.29 is 18.1 Å². The van der Waals surface area contributed by atoms with Crippen molar-refractivity contribution >= 4 is 36.8 Å². The summed E-state index contributed by atoms with van der Waals surface area (Å²) in [5.74, 6) is -0.461. The second-order valence-electron chi connectivity index (χ2n) is 3.25. The summed E-state index contributed by atoms with van der Waals surface area (Å²) in [6.07, 6.45) is 0. The van der Waals surface area contributed by atoms with Crippen LogP contribution in [0, 0.1) is 0 Å². The molecule has 16 heavy (non-hydrogen) atoms. The molecule has 2 N–H and O–H groups in total. The Morgan fingerprint density at radius 1 is 1.12 bits per heavy atom. The van der Waals surface area contributed by atoms with E-state index in [0.717, 1.165) is 4.47 Å². The van der Waals surface area contributed by atoms with Gasteiger partial charge < -0.3 is 5.11 Å². The van der Waals surface area contributed by atoms with E-state index in [1.165, 1.54) is 12.1 Å². The van der Waals surface area contributed by atoms with Crippen LogP contribution in [0.3, 0.4) is 0 Å². The average Bonchev–Trinajstić information content (AvgIpc) is 2.16. The third-order valence-electron chi connectivity index (χ3n) is 2.17. The molecule has 2 aromatic carbocycles. The van der Waals surface area contributed by atoms with Gasteiger partial charge in [-0.2, -0.15) is 8.42 Å². The maximum atomic E-state index is 11.1. The van der Waals surface area contributed by atoms with E-state index in [-0.39, 0.29) is 5.39 Å². The number of rotatable bonds is 1. The van der Waals surface area contributed by atoms with Crippen LogP contribution < -0.4 is 0 Å². The van der Waals surface area contributed by atoms with Gasteiger partial charge in [0, 0.05) is 9.86 Å². The van der Waals surface area contributed by atoms with Crippen molar-refractivity contribution in [2.24, 2.45) is 0 Å². The third kappa shape index (κ3) is 1.91. The summed E-state index contributed by atoms with van der Waals surface area (Å²) in [5.41, 5.74) is 0. The molecule has 84 valence electrons. The number of fused-ring (bicyclic) bond motifs is 1. The van der Waals surface area contributed by atoms with E-state index in [4.69, 9.17) is 4.55 Å². The zero-order chi connectivity index (χ0) is 11.9. The predicted octanol–water partition coefficient (Wildman–Crippen LogP) is 2.55. The maximum Gasteiger partial charge on any atom is 0.298 e. The first kappa shape index (κ1) is 11.4. The number of halogens is 1. The molecule has 2 rings (SSSR count). The molecule has 0 amide bonds. The quantitative estimate of drug-likeness (QED) is 0.794. The van der Waals surface area contributed by atoms with Gasteiger partial charge in [0.15, 0.2) is 0 Å². The van der Waals surface area contributed by atoms with Crippen molar-refractivity contribution in [1.82, 2.24) is 0 Å². The Labute approximate surface area is 100 Å². The van der Waals surface area contributed by atoms with Crippen molar-refractivity contribution in [3.05, 3.63) is 34.8 Å². The van der Waals surface area contributed by atoms with Gasteiger partial charge in [-0.1, -0.05) is 28.1 Å². The Bertz CT molecular complexity index is 664. The molecule has 0 atom stereocenters. The van der Waals surface area contributed by atoms with Crippen LogP contribution in [0.2, 0.25) is 0 Å². The van der Waals surface area contributed by atoms with Crippen LogP contribution in [0.5, 0.6) is 5.75 Å². The summed E-state index contributed by atoms with van der Waals surface area (Å²) in [7, 11) is -4.44. The second-order valence-corrected chi connectivity index (χ2v) is 5.53. The zero-order valence-corrected chi connectivity index (χ0v) is 10.3. The normalized spacial score (nSPS) is 11.9. The van der Waals surface area contributed by atoms with Gasteiger partial charge in [0.1, 0.15) is 10.6 Å². The molecule has 0 saturated heterocycles. The molecule has 0 saturated carbocycles. The van der Waals surface area contributed by atoms with Gasteiger partial charge in [-0.15, -0.1) is 0 Å². The van der Waals surface area contributed by atoms with E-state index in [9.17, 15) is 13.5 Å². The van der Waals surface area contributed by atoms with Crippen LogP contribution in [0.25, 0.3) is 10.8 Å². The molecule has 0 spiro atoms. The fourth-order valence-electron chi connectivity index (χ4n) is 1.53. The minimum Gasteiger partial charge on any atom is -0.506 e. The van der Waals surface area contributed by atoms with Crippen molar-refractivity contribution in [2.45, 2.75) is 4.90 Å². The monoisotopic (exact) mass is 302 g/mol. The molecule has 2 aromatic rings. The number of hydrogen-bond acceptors (Lipinski definition) is 3. The molecule has 0 aliphatic heterocycles. The van der Waals surface area contributed by atoms with Crippen LogP contribution in [0.1, 0.15) is 0 Å². The molecular weight excluding hydrogens is 296 g/mol. The minimum absolute atomic E-state index is 0.283. The average molecular weight is 303 g/mol. The summed E-state index contributed by atoms with van der Waals surface area (Å²) < 4.78 is 32.1. The fraction of sp³-hybridized carbons (Fsp3) is 0. The maximum absolute atomic E-state index is 11.1. The largest absolute Gasteiger partial charge is 0.506 e. The molecule has 4 nitrogen and oxygen atoms in total. The highest BCUT2D eigenvalue weighted by Crippen LogP contribution is 2.32.